The first-order valence-corrected chi connectivity index (χ1v) is 10.4. The molecule has 1 aliphatic rings. The highest BCUT2D eigenvalue weighted by Crippen LogP contribution is 2.38. The van der Waals surface area contributed by atoms with Gasteiger partial charge in [0, 0.05) is 6.54 Å². The summed E-state index contributed by atoms with van der Waals surface area (Å²) in [6, 6.07) is 4.94. The van der Waals surface area contributed by atoms with Gasteiger partial charge >= 0.3 is 24.6 Å². The van der Waals surface area contributed by atoms with E-state index in [-0.39, 0.29) is 11.9 Å². The average molecular weight is 444 g/mol. The summed E-state index contributed by atoms with van der Waals surface area (Å²) in [6.45, 7) is 13.2. The molecule has 0 unspecified atom stereocenters. The van der Waals surface area contributed by atoms with E-state index < -0.39 is 41.4 Å². The number of nitrogens with one attached hydrogen (secondary N) is 2. The molecule has 1 fully saturated rings. The summed E-state index contributed by atoms with van der Waals surface area (Å²) in [6.07, 6.45) is 1.19. The number of aromatic nitrogens is 1. The van der Waals surface area contributed by atoms with E-state index in [2.05, 4.69) is 14.7 Å². The van der Waals surface area contributed by atoms with Crippen LogP contribution >= 0.6 is 0 Å². The van der Waals surface area contributed by atoms with Crippen LogP contribution in [0.25, 0.3) is 17.0 Å². The molecule has 1 aliphatic heterocycles. The largest absolute Gasteiger partial charge is 0.492 e. The second-order valence-electron chi connectivity index (χ2n) is 9.77. The molecule has 0 aliphatic carbocycles. The third-order valence-electron chi connectivity index (χ3n) is 5.43. The van der Waals surface area contributed by atoms with Gasteiger partial charge in [0.1, 0.15) is 5.60 Å². The number of fused-ring (bicyclic) bond motifs is 1. The van der Waals surface area contributed by atoms with Gasteiger partial charge in [-0.25, -0.2) is 14.4 Å². The molecule has 1 amide bonds. The van der Waals surface area contributed by atoms with Crippen LogP contribution in [0.4, 0.5) is 4.79 Å². The number of hydrogen-bond donors (Lipinski definition) is 2. The number of hydrogen-bond acceptors (Lipinski definition) is 7. The van der Waals surface area contributed by atoms with E-state index in [1.54, 1.807) is 45.0 Å². The topological polar surface area (TPSA) is 120 Å². The Balaban J connectivity index is 1.96. The molecule has 0 atom stereocenters. The van der Waals surface area contributed by atoms with Crippen molar-refractivity contribution in [2.24, 2.45) is 0 Å². The highest BCUT2D eigenvalue weighted by Gasteiger charge is 2.52. The first-order valence-electron chi connectivity index (χ1n) is 10.4. The molecule has 0 saturated carbocycles. The molecular weight excluding hydrogens is 415 g/mol. The Bertz CT molecular complexity index is 1160. The first kappa shape index (κ1) is 23.8. The molecule has 9 nitrogen and oxygen atoms in total. The number of amides is 1. The van der Waals surface area contributed by atoms with Crippen LogP contribution in [-0.2, 0) is 14.0 Å². The van der Waals surface area contributed by atoms with E-state index in [0.717, 1.165) is 0 Å². The lowest BCUT2D eigenvalue weighted by molar-refractivity contribution is 0.00578. The smallest absolute Gasteiger partial charge is 0.444 e. The second-order valence-corrected chi connectivity index (χ2v) is 9.77. The van der Waals surface area contributed by atoms with Crippen LogP contribution in [-0.4, -0.2) is 41.5 Å². The van der Waals surface area contributed by atoms with E-state index in [4.69, 9.17) is 14.0 Å². The summed E-state index contributed by atoms with van der Waals surface area (Å²) in [7, 11) is -0.724. The standard InChI is InChI=1S/C22H29BN2O7/c1-20(2,3)30-18(27)24-12-14(23-31-21(4,5)22(6,7)32-23)10-13-8-9-16-15(11-13)17(26)29-19(28)25-16/h8-11H,12H2,1-7H3,(H,24,27)(H,25,28). The van der Waals surface area contributed by atoms with E-state index >= 15 is 0 Å². The summed E-state index contributed by atoms with van der Waals surface area (Å²) in [4.78, 5) is 38.2. The molecule has 2 heterocycles. The molecule has 0 spiro atoms. The Hall–Kier alpha value is -2.85. The minimum absolute atomic E-state index is 0.101. The number of H-pyrrole nitrogens is 1. The molecule has 2 N–H and O–H groups in total. The Labute approximate surface area is 186 Å². The fraction of sp³-hybridized carbons (Fsp3) is 0.500. The summed E-state index contributed by atoms with van der Waals surface area (Å²) >= 11 is 0. The molecular formula is C22H29BN2O7. The maximum Gasteiger partial charge on any atom is 0.492 e. The molecule has 1 aromatic heterocycles. The molecule has 0 radical (unpaired) electrons. The van der Waals surface area contributed by atoms with Crippen LogP contribution < -0.4 is 16.7 Å². The Kier molecular flexibility index (Phi) is 6.14. The monoisotopic (exact) mass is 444 g/mol. The zero-order valence-electron chi connectivity index (χ0n) is 19.5. The van der Waals surface area contributed by atoms with Crippen LogP contribution in [0.15, 0.2) is 37.7 Å². The van der Waals surface area contributed by atoms with Crippen molar-refractivity contribution in [3.05, 3.63) is 50.2 Å². The molecule has 10 heteroatoms. The molecule has 2 aromatic rings. The Morgan fingerprint density at radius 1 is 1.16 bits per heavy atom. The van der Waals surface area contributed by atoms with Crippen molar-refractivity contribution in [2.75, 3.05) is 6.54 Å². The van der Waals surface area contributed by atoms with Gasteiger partial charge in [0.2, 0.25) is 0 Å². The zero-order chi connectivity index (χ0) is 23.9. The predicted molar refractivity (Wildman–Crippen MR) is 121 cm³/mol. The summed E-state index contributed by atoms with van der Waals surface area (Å²) in [5, 5.41) is 2.96. The summed E-state index contributed by atoms with van der Waals surface area (Å²) in [5.41, 5.74) is -0.883. The lowest BCUT2D eigenvalue weighted by Gasteiger charge is -2.32. The van der Waals surface area contributed by atoms with E-state index in [1.807, 2.05) is 27.7 Å². The summed E-state index contributed by atoms with van der Waals surface area (Å²) < 4.78 is 22.2. The number of ether oxygens (including phenoxy) is 1. The highest BCUT2D eigenvalue weighted by molar-refractivity contribution is 6.56. The maximum atomic E-state index is 12.2. The number of rotatable bonds is 4. The molecule has 172 valence electrons. The predicted octanol–water partition coefficient (Wildman–Crippen LogP) is 3.02. The maximum absolute atomic E-state index is 12.2. The minimum Gasteiger partial charge on any atom is -0.444 e. The molecule has 3 rings (SSSR count). The fourth-order valence-corrected chi connectivity index (χ4v) is 3.10. The van der Waals surface area contributed by atoms with Gasteiger partial charge in [-0.05, 0) is 71.6 Å². The van der Waals surface area contributed by atoms with E-state index in [9.17, 15) is 14.4 Å². The van der Waals surface area contributed by atoms with Crippen molar-refractivity contribution in [1.29, 1.82) is 0 Å². The number of carbonyl (C=O) groups excluding carboxylic acids is 1. The van der Waals surface area contributed by atoms with Crippen molar-refractivity contribution >= 4 is 30.2 Å². The molecule has 1 aromatic carbocycles. The molecule has 32 heavy (non-hydrogen) atoms. The van der Waals surface area contributed by atoms with Gasteiger partial charge in [0.15, 0.2) is 0 Å². The average Bonchev–Trinajstić information content (AvgIpc) is 2.84. The number of alkyl carbamates (subject to hydrolysis) is 1. The van der Waals surface area contributed by atoms with Gasteiger partial charge < -0.3 is 23.8 Å². The first-order chi connectivity index (χ1) is 14.7. The van der Waals surface area contributed by atoms with Gasteiger partial charge in [0.05, 0.1) is 22.1 Å². The number of carbonyl (C=O) groups is 1. The van der Waals surface area contributed by atoms with Gasteiger partial charge in [-0.2, -0.15) is 0 Å². The lowest BCUT2D eigenvalue weighted by Crippen LogP contribution is -2.41. The minimum atomic E-state index is -0.815. The van der Waals surface area contributed by atoms with E-state index in [1.165, 1.54) is 0 Å². The summed E-state index contributed by atoms with van der Waals surface area (Å²) in [5.74, 6) is -0.815. The van der Waals surface area contributed by atoms with Crippen LogP contribution in [0.3, 0.4) is 0 Å². The van der Waals surface area contributed by atoms with Crippen LogP contribution in [0.2, 0.25) is 0 Å². The molecule has 0 bridgehead atoms. The Morgan fingerprint density at radius 3 is 2.38 bits per heavy atom. The zero-order valence-corrected chi connectivity index (χ0v) is 19.5. The van der Waals surface area contributed by atoms with Crippen LogP contribution in [0.1, 0.15) is 54.0 Å². The van der Waals surface area contributed by atoms with Crippen molar-refractivity contribution in [1.82, 2.24) is 10.3 Å². The van der Waals surface area contributed by atoms with Gasteiger partial charge in [0.25, 0.3) is 0 Å². The third-order valence-corrected chi connectivity index (χ3v) is 5.43. The number of aromatic amines is 1. The normalized spacial score (nSPS) is 18.1. The van der Waals surface area contributed by atoms with Gasteiger partial charge in [-0.1, -0.05) is 12.1 Å². The number of benzene rings is 1. The Morgan fingerprint density at radius 2 is 1.78 bits per heavy atom. The van der Waals surface area contributed by atoms with Crippen molar-refractivity contribution in [2.45, 2.75) is 65.3 Å². The van der Waals surface area contributed by atoms with Gasteiger partial charge in [-0.15, -0.1) is 0 Å². The van der Waals surface area contributed by atoms with Crippen molar-refractivity contribution < 1.29 is 23.3 Å². The van der Waals surface area contributed by atoms with Crippen LogP contribution in [0, 0.1) is 0 Å². The second kappa shape index (κ2) is 8.25. The van der Waals surface area contributed by atoms with Crippen molar-refractivity contribution in [3.63, 3.8) is 0 Å². The molecule has 1 saturated heterocycles. The lowest BCUT2D eigenvalue weighted by atomic mass is 9.77. The SMILES string of the molecule is CC(C)(C)OC(=O)NCC(=Cc1ccc2[nH]c(=O)oc(=O)c2c1)B1OC(C)(C)C(C)(C)O1. The quantitative estimate of drug-likeness (QED) is 0.696. The third kappa shape index (κ3) is 5.31. The van der Waals surface area contributed by atoms with Crippen LogP contribution in [0.5, 0.6) is 0 Å². The van der Waals surface area contributed by atoms with Crippen molar-refractivity contribution in [3.8, 4) is 0 Å². The van der Waals surface area contributed by atoms with Gasteiger partial charge in [-0.3, -0.25) is 4.98 Å². The fourth-order valence-electron chi connectivity index (χ4n) is 3.10. The highest BCUT2D eigenvalue weighted by atomic mass is 16.7. The van der Waals surface area contributed by atoms with E-state index in [0.29, 0.717) is 16.6 Å².